The molecule has 24 heavy (non-hydrogen) atoms. The maximum atomic E-state index is 5.38. The van der Waals surface area contributed by atoms with Gasteiger partial charge < -0.3 is 20.1 Å². The van der Waals surface area contributed by atoms with Crippen molar-refractivity contribution in [3.63, 3.8) is 0 Å². The molecule has 0 saturated heterocycles. The van der Waals surface area contributed by atoms with Crippen molar-refractivity contribution in [2.45, 2.75) is 13.0 Å². The molecule has 0 fully saturated rings. The number of ether oxygens (including phenoxy) is 2. The van der Waals surface area contributed by atoms with Crippen LogP contribution in [0.25, 0.3) is 0 Å². The van der Waals surface area contributed by atoms with Crippen LogP contribution in [0.15, 0.2) is 46.9 Å². The Morgan fingerprint density at radius 2 is 1.71 bits per heavy atom. The van der Waals surface area contributed by atoms with Gasteiger partial charge in [-0.15, -0.1) is 0 Å². The smallest absolute Gasteiger partial charge is 0.166 e. The lowest BCUT2D eigenvalue weighted by Gasteiger charge is -2.13. The van der Waals surface area contributed by atoms with Gasteiger partial charge in [0.25, 0.3) is 0 Å². The Morgan fingerprint density at radius 3 is 2.46 bits per heavy atom. The zero-order chi connectivity index (χ0) is 17.4. The molecule has 2 N–H and O–H groups in total. The van der Waals surface area contributed by atoms with E-state index in [0.717, 1.165) is 40.1 Å². The van der Waals surface area contributed by atoms with E-state index in [1.165, 1.54) is 0 Å². The number of hydrogen-bond acceptors (Lipinski definition) is 3. The van der Waals surface area contributed by atoms with Gasteiger partial charge in [0.2, 0.25) is 0 Å². The minimum absolute atomic E-state index is 0.620. The molecule has 2 aromatic rings. The summed E-state index contributed by atoms with van der Waals surface area (Å²) in [6, 6.07) is 13.9. The van der Waals surface area contributed by atoms with Gasteiger partial charge >= 0.3 is 0 Å². The summed E-state index contributed by atoms with van der Waals surface area (Å²) in [5, 5.41) is 7.04. The SMILES string of the molecule is COc1ccc(Br)cc1CCNC(=S)NCc1ccccc1OC. The van der Waals surface area contributed by atoms with E-state index in [4.69, 9.17) is 21.7 Å². The van der Waals surface area contributed by atoms with Gasteiger partial charge in [-0.3, -0.25) is 0 Å². The quantitative estimate of drug-likeness (QED) is 0.684. The molecule has 0 spiro atoms. The van der Waals surface area contributed by atoms with Crippen molar-refractivity contribution in [3.05, 3.63) is 58.1 Å². The number of rotatable bonds is 7. The normalized spacial score (nSPS) is 10.1. The fourth-order valence-corrected chi connectivity index (χ4v) is 2.92. The average Bonchev–Trinajstić information content (AvgIpc) is 2.60. The molecule has 0 aromatic heterocycles. The highest BCUT2D eigenvalue weighted by molar-refractivity contribution is 9.10. The van der Waals surface area contributed by atoms with Gasteiger partial charge in [0.15, 0.2) is 5.11 Å². The molecule has 0 bridgehead atoms. The highest BCUT2D eigenvalue weighted by Crippen LogP contribution is 2.23. The van der Waals surface area contributed by atoms with Crippen LogP contribution in [0.3, 0.4) is 0 Å². The van der Waals surface area contributed by atoms with E-state index in [1.54, 1.807) is 14.2 Å². The minimum atomic E-state index is 0.620. The second kappa shape index (κ2) is 9.49. The van der Waals surface area contributed by atoms with E-state index in [0.29, 0.717) is 11.7 Å². The van der Waals surface area contributed by atoms with E-state index in [2.05, 4.69) is 32.6 Å². The molecule has 2 aromatic carbocycles. The van der Waals surface area contributed by atoms with Gasteiger partial charge in [-0.25, -0.2) is 0 Å². The number of halogens is 1. The van der Waals surface area contributed by atoms with E-state index < -0.39 is 0 Å². The summed E-state index contributed by atoms with van der Waals surface area (Å²) in [6.07, 6.45) is 0.819. The van der Waals surface area contributed by atoms with E-state index >= 15 is 0 Å². The molecule has 0 aliphatic carbocycles. The third kappa shape index (κ3) is 5.39. The van der Waals surface area contributed by atoms with Crippen LogP contribution in [-0.2, 0) is 13.0 Å². The Kier molecular flexibility index (Phi) is 7.34. The molecule has 0 radical (unpaired) electrons. The number of para-hydroxylation sites is 1. The first-order valence-corrected chi connectivity index (χ1v) is 8.80. The maximum Gasteiger partial charge on any atom is 0.166 e. The molecule has 0 heterocycles. The lowest BCUT2D eigenvalue weighted by Crippen LogP contribution is -2.36. The summed E-state index contributed by atoms with van der Waals surface area (Å²) in [6.45, 7) is 1.35. The summed E-state index contributed by atoms with van der Waals surface area (Å²) < 4.78 is 11.7. The number of hydrogen-bond donors (Lipinski definition) is 2. The summed E-state index contributed by atoms with van der Waals surface area (Å²) in [5.41, 5.74) is 2.20. The van der Waals surface area contributed by atoms with Crippen molar-refractivity contribution >= 4 is 33.3 Å². The molecule has 0 amide bonds. The van der Waals surface area contributed by atoms with Gasteiger partial charge in [0.05, 0.1) is 14.2 Å². The lowest BCUT2D eigenvalue weighted by atomic mass is 10.1. The van der Waals surface area contributed by atoms with Crippen molar-refractivity contribution in [3.8, 4) is 11.5 Å². The predicted octanol–water partition coefficient (Wildman–Crippen LogP) is 3.67. The maximum absolute atomic E-state index is 5.38. The summed E-state index contributed by atoms with van der Waals surface area (Å²) in [5.74, 6) is 1.74. The lowest BCUT2D eigenvalue weighted by molar-refractivity contribution is 0.409. The standard InChI is InChI=1S/C18H21BrN2O2S/c1-22-16-6-4-3-5-14(16)12-21-18(24)20-10-9-13-11-15(19)7-8-17(13)23-2/h3-8,11H,9-10,12H2,1-2H3,(H2,20,21,24). The van der Waals surface area contributed by atoms with Gasteiger partial charge in [0.1, 0.15) is 11.5 Å². The van der Waals surface area contributed by atoms with E-state index in [-0.39, 0.29) is 0 Å². The molecule has 4 nitrogen and oxygen atoms in total. The van der Waals surface area contributed by atoms with Crippen molar-refractivity contribution < 1.29 is 9.47 Å². The van der Waals surface area contributed by atoms with E-state index in [9.17, 15) is 0 Å². The molecule has 128 valence electrons. The van der Waals surface area contributed by atoms with Crippen LogP contribution in [0.4, 0.5) is 0 Å². The van der Waals surface area contributed by atoms with Crippen LogP contribution >= 0.6 is 28.1 Å². The largest absolute Gasteiger partial charge is 0.496 e. The number of nitrogens with one attached hydrogen (secondary N) is 2. The minimum Gasteiger partial charge on any atom is -0.496 e. The molecule has 0 atom stereocenters. The Hall–Kier alpha value is -1.79. The second-order valence-electron chi connectivity index (χ2n) is 5.13. The highest BCUT2D eigenvalue weighted by Gasteiger charge is 2.05. The number of thiocarbonyl (C=S) groups is 1. The fraction of sp³-hybridized carbons (Fsp3) is 0.278. The third-order valence-corrected chi connectivity index (χ3v) is 4.34. The van der Waals surface area contributed by atoms with Crippen LogP contribution in [-0.4, -0.2) is 25.9 Å². The van der Waals surface area contributed by atoms with Crippen LogP contribution < -0.4 is 20.1 Å². The van der Waals surface area contributed by atoms with Crippen molar-refractivity contribution in [1.82, 2.24) is 10.6 Å². The van der Waals surface area contributed by atoms with Crippen molar-refractivity contribution in [2.75, 3.05) is 20.8 Å². The first-order valence-electron chi connectivity index (χ1n) is 7.60. The fourth-order valence-electron chi connectivity index (χ4n) is 2.34. The first kappa shape index (κ1) is 18.5. The van der Waals surface area contributed by atoms with Crippen LogP contribution in [0.1, 0.15) is 11.1 Å². The molecule has 0 unspecified atom stereocenters. The van der Waals surface area contributed by atoms with Gasteiger partial charge in [-0.05, 0) is 48.5 Å². The topological polar surface area (TPSA) is 42.5 Å². The predicted molar refractivity (Wildman–Crippen MR) is 105 cm³/mol. The third-order valence-electron chi connectivity index (χ3n) is 3.55. The Morgan fingerprint density at radius 1 is 1.00 bits per heavy atom. The van der Waals surface area contributed by atoms with Crippen LogP contribution in [0.2, 0.25) is 0 Å². The Balaban J connectivity index is 1.80. The summed E-state index contributed by atoms with van der Waals surface area (Å²) in [4.78, 5) is 0. The Labute approximate surface area is 156 Å². The van der Waals surface area contributed by atoms with Gasteiger partial charge in [-0.1, -0.05) is 34.1 Å². The second-order valence-corrected chi connectivity index (χ2v) is 6.45. The van der Waals surface area contributed by atoms with Crippen molar-refractivity contribution in [1.29, 1.82) is 0 Å². The van der Waals surface area contributed by atoms with Gasteiger partial charge in [-0.2, -0.15) is 0 Å². The first-order chi connectivity index (χ1) is 11.6. The molecular formula is C18H21BrN2O2S. The van der Waals surface area contributed by atoms with Gasteiger partial charge in [0, 0.05) is 23.1 Å². The molecular weight excluding hydrogens is 388 g/mol. The zero-order valence-corrected chi connectivity index (χ0v) is 16.2. The molecule has 6 heteroatoms. The number of methoxy groups -OCH3 is 2. The number of benzene rings is 2. The van der Waals surface area contributed by atoms with Crippen LogP contribution in [0, 0.1) is 0 Å². The molecule has 0 aliphatic rings. The molecule has 2 rings (SSSR count). The summed E-state index contributed by atoms with van der Waals surface area (Å²) >= 11 is 8.82. The van der Waals surface area contributed by atoms with E-state index in [1.807, 2.05) is 36.4 Å². The summed E-state index contributed by atoms with van der Waals surface area (Å²) in [7, 11) is 3.35. The molecule has 0 aliphatic heterocycles. The average molecular weight is 409 g/mol. The monoisotopic (exact) mass is 408 g/mol. The molecule has 0 saturated carbocycles. The highest BCUT2D eigenvalue weighted by atomic mass is 79.9. The van der Waals surface area contributed by atoms with Crippen molar-refractivity contribution in [2.24, 2.45) is 0 Å². The Bertz CT molecular complexity index is 694. The zero-order valence-electron chi connectivity index (χ0n) is 13.8. The van der Waals surface area contributed by atoms with Crippen LogP contribution in [0.5, 0.6) is 11.5 Å².